The Balaban J connectivity index is 1.99. The van der Waals surface area contributed by atoms with Crippen LogP contribution in [-0.4, -0.2) is 22.0 Å². The molecule has 4 heteroatoms. The molecule has 0 saturated heterocycles. The zero-order chi connectivity index (χ0) is 13.5. The molecule has 1 aromatic heterocycles. The minimum Gasteiger partial charge on any atom is -0.312 e. The second-order valence-corrected chi connectivity index (χ2v) is 5.82. The van der Waals surface area contributed by atoms with Gasteiger partial charge in [-0.05, 0) is 25.8 Å². The van der Waals surface area contributed by atoms with E-state index in [2.05, 4.69) is 34.3 Å². The van der Waals surface area contributed by atoms with Gasteiger partial charge in [-0.3, -0.25) is 0 Å². The third kappa shape index (κ3) is 4.03. The molecule has 1 aromatic rings. The van der Waals surface area contributed by atoms with Gasteiger partial charge in [-0.1, -0.05) is 50.7 Å². The molecule has 0 spiro atoms. The maximum Gasteiger partial charge on any atom is 0.0756 e. The number of hydrogen-bond acceptors (Lipinski definition) is 3. The summed E-state index contributed by atoms with van der Waals surface area (Å²) in [7, 11) is 2.06. The van der Waals surface area contributed by atoms with Gasteiger partial charge in [-0.15, -0.1) is 5.10 Å². The van der Waals surface area contributed by atoms with E-state index in [-0.39, 0.29) is 0 Å². The van der Waals surface area contributed by atoms with E-state index in [0.717, 1.165) is 18.9 Å². The maximum atomic E-state index is 4.21. The lowest BCUT2D eigenvalue weighted by Crippen LogP contribution is -2.23. The van der Waals surface area contributed by atoms with Gasteiger partial charge in [-0.2, -0.15) is 0 Å². The van der Waals surface area contributed by atoms with Crippen molar-refractivity contribution in [3.8, 4) is 0 Å². The molecule has 0 bridgehead atoms. The fraction of sp³-hybridized carbons (Fsp3) is 0.867. The van der Waals surface area contributed by atoms with Gasteiger partial charge in [0.05, 0.1) is 17.9 Å². The van der Waals surface area contributed by atoms with Gasteiger partial charge in [0, 0.05) is 6.54 Å². The summed E-state index contributed by atoms with van der Waals surface area (Å²) in [5, 5.41) is 11.8. The second kappa shape index (κ2) is 7.63. The molecule has 2 rings (SSSR count). The molecule has 0 radical (unpaired) electrons. The highest BCUT2D eigenvalue weighted by Gasteiger charge is 2.21. The Bertz CT molecular complexity index is 353. The average molecular weight is 264 g/mol. The van der Waals surface area contributed by atoms with Crippen LogP contribution in [0.25, 0.3) is 0 Å². The number of nitrogens with zero attached hydrogens (tertiary/aromatic N) is 3. The van der Waals surface area contributed by atoms with Crippen molar-refractivity contribution in [1.82, 2.24) is 20.3 Å². The number of nitrogens with one attached hydrogen (secondary N) is 1. The van der Waals surface area contributed by atoms with Crippen LogP contribution in [0.4, 0.5) is 0 Å². The first-order valence-corrected chi connectivity index (χ1v) is 7.90. The molecular weight excluding hydrogens is 236 g/mol. The molecule has 0 aliphatic heterocycles. The fourth-order valence-corrected chi connectivity index (χ4v) is 3.24. The van der Waals surface area contributed by atoms with Crippen LogP contribution < -0.4 is 5.32 Å². The van der Waals surface area contributed by atoms with Crippen LogP contribution in [0.2, 0.25) is 0 Å². The highest BCUT2D eigenvalue weighted by molar-refractivity contribution is 5.02. The lowest BCUT2D eigenvalue weighted by atomic mass is 9.91. The van der Waals surface area contributed by atoms with E-state index >= 15 is 0 Å². The molecule has 4 nitrogen and oxygen atoms in total. The van der Waals surface area contributed by atoms with E-state index in [1.807, 2.05) is 6.20 Å². The van der Waals surface area contributed by atoms with E-state index in [1.165, 1.54) is 50.6 Å². The molecule has 1 atom stereocenters. The molecule has 1 N–H and O–H groups in total. The van der Waals surface area contributed by atoms with Gasteiger partial charge in [0.25, 0.3) is 0 Å². The van der Waals surface area contributed by atoms with Gasteiger partial charge in [0.1, 0.15) is 0 Å². The average Bonchev–Trinajstić information content (AvgIpc) is 2.72. The van der Waals surface area contributed by atoms with Crippen molar-refractivity contribution < 1.29 is 0 Å². The Morgan fingerprint density at radius 2 is 2.05 bits per heavy atom. The summed E-state index contributed by atoms with van der Waals surface area (Å²) in [6.07, 6.45) is 12.7. The molecule has 1 saturated carbocycles. The summed E-state index contributed by atoms with van der Waals surface area (Å²) in [5.74, 6) is 0.866. The van der Waals surface area contributed by atoms with Crippen molar-refractivity contribution >= 4 is 0 Å². The van der Waals surface area contributed by atoms with Crippen LogP contribution in [0.3, 0.4) is 0 Å². The Morgan fingerprint density at radius 1 is 1.32 bits per heavy atom. The van der Waals surface area contributed by atoms with E-state index in [1.54, 1.807) is 0 Å². The smallest absolute Gasteiger partial charge is 0.0756 e. The molecule has 0 amide bonds. The van der Waals surface area contributed by atoms with Gasteiger partial charge in [-0.25, -0.2) is 4.68 Å². The highest BCUT2D eigenvalue weighted by atomic mass is 15.4. The topological polar surface area (TPSA) is 42.7 Å². The van der Waals surface area contributed by atoms with Gasteiger partial charge in [0.2, 0.25) is 0 Å². The zero-order valence-electron chi connectivity index (χ0n) is 12.4. The fourth-order valence-electron chi connectivity index (χ4n) is 3.24. The third-order valence-electron chi connectivity index (χ3n) is 4.33. The minimum atomic E-state index is 0.407. The Morgan fingerprint density at radius 3 is 2.68 bits per heavy atom. The molecule has 1 heterocycles. The van der Waals surface area contributed by atoms with E-state index in [0.29, 0.717) is 6.04 Å². The molecular formula is C15H28N4. The van der Waals surface area contributed by atoms with Crippen molar-refractivity contribution in [2.45, 2.75) is 70.9 Å². The lowest BCUT2D eigenvalue weighted by molar-refractivity contribution is 0.353. The summed E-state index contributed by atoms with van der Waals surface area (Å²) in [4.78, 5) is 0. The molecule has 1 aliphatic carbocycles. The zero-order valence-corrected chi connectivity index (χ0v) is 12.4. The third-order valence-corrected chi connectivity index (χ3v) is 4.33. The van der Waals surface area contributed by atoms with E-state index < -0.39 is 0 Å². The summed E-state index contributed by atoms with van der Waals surface area (Å²) < 4.78 is 2.07. The summed E-state index contributed by atoms with van der Waals surface area (Å²) in [6.45, 7) is 3.16. The van der Waals surface area contributed by atoms with Crippen molar-refractivity contribution in [3.63, 3.8) is 0 Å². The first-order chi connectivity index (χ1) is 9.35. The molecule has 1 fully saturated rings. The second-order valence-electron chi connectivity index (χ2n) is 5.82. The molecule has 19 heavy (non-hydrogen) atoms. The van der Waals surface area contributed by atoms with Crippen LogP contribution in [0.1, 0.15) is 70.0 Å². The van der Waals surface area contributed by atoms with Crippen LogP contribution in [-0.2, 0) is 6.54 Å². The molecule has 108 valence electrons. The summed E-state index contributed by atoms with van der Waals surface area (Å²) in [6, 6.07) is 0.407. The normalized spacial score (nSPS) is 19.3. The standard InChI is InChI=1S/C15H28N4/c1-3-10-19-15(12-17-18-19)14(16-2)11-13-8-6-4-5-7-9-13/h12-14,16H,3-11H2,1-2H3. The van der Waals surface area contributed by atoms with Crippen LogP contribution in [0.5, 0.6) is 0 Å². The molecule has 1 unspecified atom stereocenters. The van der Waals surface area contributed by atoms with Crippen LogP contribution in [0, 0.1) is 5.92 Å². The van der Waals surface area contributed by atoms with E-state index in [9.17, 15) is 0 Å². The minimum absolute atomic E-state index is 0.407. The van der Waals surface area contributed by atoms with Gasteiger partial charge < -0.3 is 5.32 Å². The lowest BCUT2D eigenvalue weighted by Gasteiger charge is -2.22. The summed E-state index contributed by atoms with van der Waals surface area (Å²) >= 11 is 0. The predicted octanol–water partition coefficient (Wildman–Crippen LogP) is 3.31. The van der Waals surface area contributed by atoms with Gasteiger partial charge >= 0.3 is 0 Å². The number of aromatic nitrogens is 3. The Labute approximate surface area is 117 Å². The van der Waals surface area contributed by atoms with Gasteiger partial charge in [0.15, 0.2) is 0 Å². The van der Waals surface area contributed by atoms with E-state index in [4.69, 9.17) is 0 Å². The Kier molecular flexibility index (Phi) is 5.83. The van der Waals surface area contributed by atoms with Crippen LogP contribution in [0.15, 0.2) is 6.20 Å². The number of hydrogen-bond donors (Lipinski definition) is 1. The highest BCUT2D eigenvalue weighted by Crippen LogP contribution is 2.30. The molecule has 0 aromatic carbocycles. The van der Waals surface area contributed by atoms with Crippen molar-refractivity contribution in [2.75, 3.05) is 7.05 Å². The van der Waals surface area contributed by atoms with Crippen molar-refractivity contribution in [3.05, 3.63) is 11.9 Å². The quantitative estimate of drug-likeness (QED) is 0.802. The maximum absolute atomic E-state index is 4.21. The largest absolute Gasteiger partial charge is 0.312 e. The predicted molar refractivity (Wildman–Crippen MR) is 77.9 cm³/mol. The first kappa shape index (κ1) is 14.5. The van der Waals surface area contributed by atoms with Crippen molar-refractivity contribution in [2.24, 2.45) is 5.92 Å². The first-order valence-electron chi connectivity index (χ1n) is 7.90. The number of aryl methyl sites for hydroxylation is 1. The monoisotopic (exact) mass is 264 g/mol. The SMILES string of the molecule is CCCn1nncc1C(CC1CCCCCC1)NC. The Hall–Kier alpha value is -0.900. The molecule has 1 aliphatic rings. The van der Waals surface area contributed by atoms with Crippen LogP contribution >= 0.6 is 0 Å². The van der Waals surface area contributed by atoms with Crippen molar-refractivity contribution in [1.29, 1.82) is 0 Å². The number of rotatable bonds is 6. The summed E-state index contributed by atoms with van der Waals surface area (Å²) in [5.41, 5.74) is 1.26.